The Hall–Kier alpha value is -2.41. The number of rotatable bonds is 4. The van der Waals surface area contributed by atoms with Gasteiger partial charge in [0.25, 0.3) is 0 Å². The second-order valence-corrected chi connectivity index (χ2v) is 6.94. The van der Waals surface area contributed by atoms with Crippen molar-refractivity contribution in [3.63, 3.8) is 0 Å². The first-order chi connectivity index (χ1) is 12.1. The number of nitrogens with zero attached hydrogens (tertiary/aromatic N) is 5. The molecule has 1 spiro atoms. The summed E-state index contributed by atoms with van der Waals surface area (Å²) in [6.07, 6.45) is 7.11. The zero-order chi connectivity index (χ0) is 17.3. The fourth-order valence-electron chi connectivity index (χ4n) is 3.48. The van der Waals surface area contributed by atoms with E-state index in [1.165, 1.54) is 0 Å². The first kappa shape index (κ1) is 16.1. The molecule has 0 saturated carbocycles. The quantitative estimate of drug-likeness (QED) is 0.839. The average Bonchev–Trinajstić information content (AvgIpc) is 2.61. The molecule has 7 nitrogen and oxygen atoms in total. The molecule has 4 rings (SSSR count). The van der Waals surface area contributed by atoms with E-state index in [-0.39, 0.29) is 11.7 Å². The van der Waals surface area contributed by atoms with Gasteiger partial charge in [-0.25, -0.2) is 9.97 Å². The van der Waals surface area contributed by atoms with E-state index in [1.54, 1.807) is 18.7 Å². The Morgan fingerprint density at radius 3 is 2.96 bits per heavy atom. The van der Waals surface area contributed by atoms with Gasteiger partial charge in [-0.3, -0.25) is 4.98 Å². The van der Waals surface area contributed by atoms with Crippen molar-refractivity contribution in [1.29, 1.82) is 0 Å². The van der Waals surface area contributed by atoms with E-state index in [0.29, 0.717) is 0 Å². The zero-order valence-electron chi connectivity index (χ0n) is 14.6. The minimum atomic E-state index is -0.131. The maximum Gasteiger partial charge on any atom is 0.138 e. The lowest BCUT2D eigenvalue weighted by molar-refractivity contribution is -0.126. The summed E-state index contributed by atoms with van der Waals surface area (Å²) in [6, 6.07) is 5.86. The number of pyridine rings is 1. The zero-order valence-corrected chi connectivity index (χ0v) is 14.6. The summed E-state index contributed by atoms with van der Waals surface area (Å²) in [5, 5.41) is 0. The minimum absolute atomic E-state index is 0.131. The maximum absolute atomic E-state index is 6.11. The van der Waals surface area contributed by atoms with Crippen molar-refractivity contribution in [2.24, 2.45) is 0 Å². The highest BCUT2D eigenvalue weighted by Gasteiger charge is 2.48. The second kappa shape index (κ2) is 6.48. The van der Waals surface area contributed by atoms with Gasteiger partial charge in [-0.05, 0) is 12.1 Å². The molecule has 0 unspecified atom stereocenters. The lowest BCUT2D eigenvalue weighted by Crippen LogP contribution is -2.66. The lowest BCUT2D eigenvalue weighted by atomic mass is 9.84. The van der Waals surface area contributed by atoms with E-state index >= 15 is 0 Å². The van der Waals surface area contributed by atoms with Crippen LogP contribution in [0.25, 0.3) is 0 Å². The monoisotopic (exact) mass is 341 g/mol. The predicted molar refractivity (Wildman–Crippen MR) is 95.1 cm³/mol. The van der Waals surface area contributed by atoms with E-state index in [0.717, 1.165) is 49.9 Å². The van der Waals surface area contributed by atoms with Crippen molar-refractivity contribution in [3.05, 3.63) is 36.9 Å². The van der Waals surface area contributed by atoms with Crippen molar-refractivity contribution in [3.8, 4) is 5.75 Å². The molecule has 2 aromatic rings. The van der Waals surface area contributed by atoms with Gasteiger partial charge in [-0.2, -0.15) is 0 Å². The third-order valence-electron chi connectivity index (χ3n) is 4.76. The van der Waals surface area contributed by atoms with Gasteiger partial charge in [0.1, 0.15) is 35.4 Å². The van der Waals surface area contributed by atoms with Crippen LogP contribution in [0.3, 0.4) is 0 Å². The lowest BCUT2D eigenvalue weighted by Gasteiger charge is -2.53. The molecule has 0 amide bonds. The second-order valence-electron chi connectivity index (χ2n) is 6.94. The summed E-state index contributed by atoms with van der Waals surface area (Å²) >= 11 is 0. The van der Waals surface area contributed by atoms with Crippen LogP contribution in [0.1, 0.15) is 12.8 Å². The predicted octanol–water partition coefficient (Wildman–Crippen LogP) is 1.75. The topological polar surface area (TPSA) is 63.6 Å². The standard InChI is InChI=1S/C18H23N5O2/c1-22(2)16-8-17(21-13-20-16)23-11-18(12-23)9-14(5-7-24-18)25-15-4-3-6-19-10-15/h3-4,6,8,10,13-14H,5,7,9,11-12H2,1-2H3/t14-/m0/s1. The Morgan fingerprint density at radius 2 is 2.20 bits per heavy atom. The fourth-order valence-corrected chi connectivity index (χ4v) is 3.48. The van der Waals surface area contributed by atoms with E-state index in [1.807, 2.05) is 37.2 Å². The van der Waals surface area contributed by atoms with Crippen molar-refractivity contribution >= 4 is 11.6 Å². The van der Waals surface area contributed by atoms with E-state index < -0.39 is 0 Å². The summed E-state index contributed by atoms with van der Waals surface area (Å²) in [4.78, 5) is 17.0. The first-order valence-corrected chi connectivity index (χ1v) is 8.59. The Bertz CT molecular complexity index is 718. The van der Waals surface area contributed by atoms with Gasteiger partial charge in [-0.1, -0.05) is 0 Å². The number of ether oxygens (including phenoxy) is 2. The average molecular weight is 341 g/mol. The number of hydrogen-bond donors (Lipinski definition) is 0. The Kier molecular flexibility index (Phi) is 4.17. The molecule has 0 aromatic carbocycles. The first-order valence-electron chi connectivity index (χ1n) is 8.59. The molecule has 2 aliphatic heterocycles. The Balaban J connectivity index is 1.39. The van der Waals surface area contributed by atoms with Crippen LogP contribution in [0, 0.1) is 0 Å². The van der Waals surface area contributed by atoms with Gasteiger partial charge < -0.3 is 19.3 Å². The molecule has 0 bridgehead atoms. The Labute approximate surface area is 147 Å². The molecule has 2 aliphatic rings. The molecule has 2 aromatic heterocycles. The maximum atomic E-state index is 6.11. The van der Waals surface area contributed by atoms with Crippen LogP contribution in [0.2, 0.25) is 0 Å². The molecular weight excluding hydrogens is 318 g/mol. The third kappa shape index (κ3) is 3.37. The summed E-state index contributed by atoms with van der Waals surface area (Å²) in [7, 11) is 3.96. The summed E-state index contributed by atoms with van der Waals surface area (Å²) in [5.41, 5.74) is -0.131. The normalized spacial score (nSPS) is 21.7. The molecular formula is C18H23N5O2. The van der Waals surface area contributed by atoms with E-state index in [2.05, 4.69) is 19.9 Å². The molecule has 132 valence electrons. The smallest absolute Gasteiger partial charge is 0.138 e. The molecule has 4 heterocycles. The van der Waals surface area contributed by atoms with Gasteiger partial charge in [0, 0.05) is 39.2 Å². The highest BCUT2D eigenvalue weighted by molar-refractivity contribution is 5.52. The van der Waals surface area contributed by atoms with Crippen LogP contribution in [0.15, 0.2) is 36.9 Å². The van der Waals surface area contributed by atoms with Gasteiger partial charge in [0.05, 0.1) is 25.9 Å². The van der Waals surface area contributed by atoms with Crippen LogP contribution in [0.4, 0.5) is 11.6 Å². The minimum Gasteiger partial charge on any atom is -0.489 e. The molecule has 2 fully saturated rings. The highest BCUT2D eigenvalue weighted by atomic mass is 16.5. The van der Waals surface area contributed by atoms with Gasteiger partial charge in [0.2, 0.25) is 0 Å². The van der Waals surface area contributed by atoms with E-state index in [4.69, 9.17) is 9.47 Å². The highest BCUT2D eigenvalue weighted by Crippen LogP contribution is 2.37. The third-order valence-corrected chi connectivity index (χ3v) is 4.76. The number of aromatic nitrogens is 3. The van der Waals surface area contributed by atoms with Crippen LogP contribution < -0.4 is 14.5 Å². The molecule has 7 heteroatoms. The molecule has 0 N–H and O–H groups in total. The largest absolute Gasteiger partial charge is 0.489 e. The van der Waals surface area contributed by atoms with Gasteiger partial charge >= 0.3 is 0 Å². The van der Waals surface area contributed by atoms with E-state index in [9.17, 15) is 0 Å². The SMILES string of the molecule is CN(C)c1cc(N2CC3(C[C@@H](Oc4cccnc4)CCO3)C2)ncn1. The summed E-state index contributed by atoms with van der Waals surface area (Å²) in [6.45, 7) is 2.40. The van der Waals surface area contributed by atoms with Crippen LogP contribution >= 0.6 is 0 Å². The van der Waals surface area contributed by atoms with Crippen molar-refractivity contribution < 1.29 is 9.47 Å². The van der Waals surface area contributed by atoms with Crippen LogP contribution in [0.5, 0.6) is 5.75 Å². The van der Waals surface area contributed by atoms with Crippen LogP contribution in [-0.2, 0) is 4.74 Å². The fraction of sp³-hybridized carbons (Fsp3) is 0.500. The Morgan fingerprint density at radius 1 is 1.32 bits per heavy atom. The molecule has 0 aliphatic carbocycles. The van der Waals surface area contributed by atoms with Crippen molar-refractivity contribution in [2.75, 3.05) is 43.6 Å². The van der Waals surface area contributed by atoms with Crippen molar-refractivity contribution in [2.45, 2.75) is 24.5 Å². The molecule has 2 saturated heterocycles. The summed E-state index contributed by atoms with van der Waals surface area (Å²) in [5.74, 6) is 2.68. The summed E-state index contributed by atoms with van der Waals surface area (Å²) < 4.78 is 12.2. The van der Waals surface area contributed by atoms with Gasteiger partial charge in [0.15, 0.2) is 0 Å². The van der Waals surface area contributed by atoms with Crippen molar-refractivity contribution in [1.82, 2.24) is 15.0 Å². The molecule has 0 radical (unpaired) electrons. The number of hydrogen-bond acceptors (Lipinski definition) is 7. The number of anilines is 2. The molecule has 25 heavy (non-hydrogen) atoms. The van der Waals surface area contributed by atoms with Gasteiger partial charge in [-0.15, -0.1) is 0 Å². The molecule has 1 atom stereocenters. The van der Waals surface area contributed by atoms with Crippen LogP contribution in [-0.4, -0.2) is 60.4 Å².